The molecule has 0 fully saturated rings. The highest BCUT2D eigenvalue weighted by Crippen LogP contribution is 2.24. The second-order valence-corrected chi connectivity index (χ2v) is 6.44. The quantitative estimate of drug-likeness (QED) is 0.628. The van der Waals surface area contributed by atoms with Gasteiger partial charge < -0.3 is 10.1 Å². The number of nitrogens with one attached hydrogen (secondary N) is 1. The van der Waals surface area contributed by atoms with Crippen molar-refractivity contribution in [1.82, 2.24) is 15.1 Å². The van der Waals surface area contributed by atoms with Crippen LogP contribution in [0.2, 0.25) is 5.15 Å². The zero-order valence-corrected chi connectivity index (χ0v) is 16.2. The van der Waals surface area contributed by atoms with Crippen LogP contribution in [0.1, 0.15) is 16.8 Å². The molecule has 3 rings (SSSR count). The molecule has 1 aromatic heterocycles. The Morgan fingerprint density at radius 1 is 1.29 bits per heavy atom. The number of nitrogens with zero attached hydrogens (tertiary/aromatic N) is 2. The van der Waals surface area contributed by atoms with Crippen LogP contribution in [-0.2, 0) is 11.3 Å². The van der Waals surface area contributed by atoms with Gasteiger partial charge in [0.25, 0.3) is 0 Å². The summed E-state index contributed by atoms with van der Waals surface area (Å²) in [6.45, 7) is 2.17. The Hall–Kier alpha value is -3.12. The number of rotatable bonds is 6. The lowest BCUT2D eigenvalue weighted by Gasteiger charge is -2.05. The van der Waals surface area contributed by atoms with Crippen LogP contribution in [0, 0.1) is 12.7 Å². The molecule has 1 N–H and O–H groups in total. The summed E-state index contributed by atoms with van der Waals surface area (Å²) in [4.78, 5) is 12.1. The number of carbonyl (C=O) groups is 1. The van der Waals surface area contributed by atoms with Gasteiger partial charge in [-0.1, -0.05) is 23.7 Å². The van der Waals surface area contributed by atoms with Crippen molar-refractivity contribution in [3.8, 4) is 11.4 Å². The number of halogens is 2. The van der Waals surface area contributed by atoms with E-state index < -0.39 is 0 Å². The second-order valence-electron chi connectivity index (χ2n) is 6.08. The molecule has 0 bridgehead atoms. The number of ether oxygens (including phenoxy) is 1. The van der Waals surface area contributed by atoms with Gasteiger partial charge in [-0.15, -0.1) is 0 Å². The highest BCUT2D eigenvalue weighted by Gasteiger charge is 2.13. The predicted molar refractivity (Wildman–Crippen MR) is 107 cm³/mol. The summed E-state index contributed by atoms with van der Waals surface area (Å²) in [6, 6.07) is 13.3. The van der Waals surface area contributed by atoms with Crippen molar-refractivity contribution in [1.29, 1.82) is 0 Å². The molecule has 2 aromatic carbocycles. The Kier molecular flexibility index (Phi) is 6.11. The standard InChI is InChI=1S/C21H19ClFN3O2/c1-14-19(21(22)26(25-14)17-8-6-16(23)7-9-17)10-11-20(27)24-13-15-4-3-5-18(12-15)28-2/h3-12H,13H2,1-2H3,(H,24,27)/b11-10+. The highest BCUT2D eigenvalue weighted by molar-refractivity contribution is 6.31. The molecule has 0 unspecified atom stereocenters. The van der Waals surface area contributed by atoms with E-state index in [0.29, 0.717) is 28.6 Å². The fourth-order valence-corrected chi connectivity index (χ4v) is 2.98. The van der Waals surface area contributed by atoms with Gasteiger partial charge >= 0.3 is 0 Å². The molecule has 0 saturated carbocycles. The first-order chi connectivity index (χ1) is 13.5. The third kappa shape index (κ3) is 4.58. The molecule has 0 aliphatic carbocycles. The normalized spacial score (nSPS) is 11.0. The first-order valence-electron chi connectivity index (χ1n) is 8.58. The van der Waals surface area contributed by atoms with Crippen molar-refractivity contribution >= 4 is 23.6 Å². The van der Waals surface area contributed by atoms with Crippen molar-refractivity contribution in [3.05, 3.63) is 82.4 Å². The molecule has 0 radical (unpaired) electrons. The number of hydrogen-bond donors (Lipinski definition) is 1. The summed E-state index contributed by atoms with van der Waals surface area (Å²) < 4.78 is 19.8. The maximum absolute atomic E-state index is 13.1. The van der Waals surface area contributed by atoms with E-state index in [1.54, 1.807) is 32.2 Å². The van der Waals surface area contributed by atoms with Crippen LogP contribution in [0.25, 0.3) is 11.8 Å². The molecule has 0 spiro atoms. The number of hydrogen-bond acceptors (Lipinski definition) is 3. The first-order valence-corrected chi connectivity index (χ1v) is 8.95. The average Bonchev–Trinajstić information content (AvgIpc) is 2.99. The van der Waals surface area contributed by atoms with Crippen LogP contribution in [-0.4, -0.2) is 22.8 Å². The molecule has 0 aliphatic heterocycles. The van der Waals surface area contributed by atoms with E-state index in [1.807, 2.05) is 24.3 Å². The smallest absolute Gasteiger partial charge is 0.244 e. The number of aryl methyl sites for hydroxylation is 1. The van der Waals surface area contributed by atoms with E-state index in [2.05, 4.69) is 10.4 Å². The number of benzene rings is 2. The Morgan fingerprint density at radius 2 is 2.04 bits per heavy atom. The van der Waals surface area contributed by atoms with Crippen molar-refractivity contribution in [3.63, 3.8) is 0 Å². The molecule has 0 aliphatic rings. The Labute approximate surface area is 167 Å². The van der Waals surface area contributed by atoms with Gasteiger partial charge in [-0.2, -0.15) is 5.10 Å². The summed E-state index contributed by atoms with van der Waals surface area (Å²) in [6.07, 6.45) is 3.02. The van der Waals surface area contributed by atoms with Gasteiger partial charge in [0.05, 0.1) is 18.5 Å². The molecule has 7 heteroatoms. The van der Waals surface area contributed by atoms with Gasteiger partial charge in [0.1, 0.15) is 16.7 Å². The van der Waals surface area contributed by atoms with Gasteiger partial charge in [-0.05, 0) is 55.0 Å². The maximum Gasteiger partial charge on any atom is 0.244 e. The van der Waals surface area contributed by atoms with Crippen molar-refractivity contribution in [2.45, 2.75) is 13.5 Å². The van der Waals surface area contributed by atoms with Gasteiger partial charge in [0.15, 0.2) is 0 Å². The van der Waals surface area contributed by atoms with Crippen LogP contribution in [0.4, 0.5) is 4.39 Å². The van der Waals surface area contributed by atoms with Gasteiger partial charge in [-0.3, -0.25) is 4.79 Å². The van der Waals surface area contributed by atoms with E-state index in [1.165, 1.54) is 22.9 Å². The third-order valence-corrected chi connectivity index (χ3v) is 4.49. The van der Waals surface area contributed by atoms with Crippen LogP contribution in [0.15, 0.2) is 54.6 Å². The minimum absolute atomic E-state index is 0.257. The lowest BCUT2D eigenvalue weighted by molar-refractivity contribution is -0.116. The van der Waals surface area contributed by atoms with E-state index in [-0.39, 0.29) is 11.7 Å². The minimum Gasteiger partial charge on any atom is -0.497 e. The number of aromatic nitrogens is 2. The van der Waals surface area contributed by atoms with Crippen LogP contribution in [0.5, 0.6) is 5.75 Å². The minimum atomic E-state index is -0.337. The molecule has 1 heterocycles. The highest BCUT2D eigenvalue weighted by atomic mass is 35.5. The maximum atomic E-state index is 13.1. The van der Waals surface area contributed by atoms with E-state index in [9.17, 15) is 9.18 Å². The molecule has 5 nitrogen and oxygen atoms in total. The monoisotopic (exact) mass is 399 g/mol. The lowest BCUT2D eigenvalue weighted by atomic mass is 10.2. The van der Waals surface area contributed by atoms with Crippen molar-refractivity contribution in [2.75, 3.05) is 7.11 Å². The van der Waals surface area contributed by atoms with Crippen molar-refractivity contribution in [2.24, 2.45) is 0 Å². The molecular weight excluding hydrogens is 381 g/mol. The number of carbonyl (C=O) groups excluding carboxylic acids is 1. The van der Waals surface area contributed by atoms with Gasteiger partial charge in [0, 0.05) is 18.2 Å². The molecule has 144 valence electrons. The zero-order valence-electron chi connectivity index (χ0n) is 15.4. The average molecular weight is 400 g/mol. The largest absolute Gasteiger partial charge is 0.497 e. The number of amides is 1. The second kappa shape index (κ2) is 8.71. The third-order valence-electron chi connectivity index (χ3n) is 4.12. The van der Waals surface area contributed by atoms with E-state index >= 15 is 0 Å². The Balaban J connectivity index is 1.69. The topological polar surface area (TPSA) is 56.1 Å². The summed E-state index contributed by atoms with van der Waals surface area (Å²) in [5, 5.41) is 7.53. The van der Waals surface area contributed by atoms with Crippen LogP contribution >= 0.6 is 11.6 Å². The summed E-state index contributed by atoms with van der Waals surface area (Å²) >= 11 is 6.40. The molecular formula is C21H19ClFN3O2. The van der Waals surface area contributed by atoms with Crippen molar-refractivity contribution < 1.29 is 13.9 Å². The Morgan fingerprint density at radius 3 is 2.75 bits per heavy atom. The van der Waals surface area contributed by atoms with Crippen LogP contribution in [0.3, 0.4) is 0 Å². The van der Waals surface area contributed by atoms with E-state index in [0.717, 1.165) is 11.3 Å². The molecule has 0 atom stereocenters. The summed E-state index contributed by atoms with van der Waals surface area (Å²) in [5.74, 6) is 0.141. The SMILES string of the molecule is COc1cccc(CNC(=O)/C=C/c2c(C)nn(-c3ccc(F)cc3)c2Cl)c1. The zero-order chi connectivity index (χ0) is 20.1. The fourth-order valence-electron chi connectivity index (χ4n) is 2.64. The first kappa shape index (κ1) is 19.6. The summed E-state index contributed by atoms with van der Waals surface area (Å²) in [7, 11) is 1.60. The predicted octanol–water partition coefficient (Wildman–Crippen LogP) is 4.31. The lowest BCUT2D eigenvalue weighted by Crippen LogP contribution is -2.20. The van der Waals surface area contributed by atoms with Gasteiger partial charge in [-0.25, -0.2) is 9.07 Å². The fraction of sp³-hybridized carbons (Fsp3) is 0.143. The van der Waals surface area contributed by atoms with Crippen LogP contribution < -0.4 is 10.1 Å². The molecule has 1 amide bonds. The number of methoxy groups -OCH3 is 1. The van der Waals surface area contributed by atoms with E-state index in [4.69, 9.17) is 16.3 Å². The molecule has 28 heavy (non-hydrogen) atoms. The van der Waals surface area contributed by atoms with Gasteiger partial charge in [0.2, 0.25) is 5.91 Å². The molecule has 0 saturated heterocycles. The Bertz CT molecular complexity index is 1010. The molecule has 3 aromatic rings. The summed E-state index contributed by atoms with van der Waals surface area (Å²) in [5.41, 5.74) is 2.85.